The summed E-state index contributed by atoms with van der Waals surface area (Å²) >= 11 is 0. The molecule has 1 aromatic heterocycles. The van der Waals surface area contributed by atoms with Gasteiger partial charge in [0.25, 0.3) is 0 Å². The standard InChI is InChI=1S/C13H15N3O4/c14-6-2-5-10-11(17)16(13(20)15-10)9-4-1-3-8(7-9)12(18)19/h1,3-4,7,17H,2,5-6,14H2,(H,15,20)(H,18,19). The number of aryl methyl sites for hydroxylation is 1. The Morgan fingerprint density at radius 3 is 2.80 bits per heavy atom. The molecule has 2 rings (SSSR count). The second-order valence-electron chi connectivity index (χ2n) is 4.32. The van der Waals surface area contributed by atoms with Crippen LogP contribution in [0.4, 0.5) is 0 Å². The first kappa shape index (κ1) is 13.9. The predicted molar refractivity (Wildman–Crippen MR) is 72.4 cm³/mol. The molecule has 5 N–H and O–H groups in total. The third-order valence-electron chi connectivity index (χ3n) is 2.92. The monoisotopic (exact) mass is 277 g/mol. The van der Waals surface area contributed by atoms with Crippen LogP contribution in [-0.4, -0.2) is 32.3 Å². The van der Waals surface area contributed by atoms with E-state index in [9.17, 15) is 14.7 Å². The van der Waals surface area contributed by atoms with Gasteiger partial charge in [0, 0.05) is 0 Å². The number of aromatic amines is 1. The van der Waals surface area contributed by atoms with Crippen molar-refractivity contribution in [3.05, 3.63) is 46.0 Å². The first-order chi connectivity index (χ1) is 9.54. The number of H-pyrrole nitrogens is 1. The molecule has 1 heterocycles. The zero-order valence-electron chi connectivity index (χ0n) is 10.7. The minimum Gasteiger partial charge on any atom is -0.493 e. The van der Waals surface area contributed by atoms with Gasteiger partial charge in [-0.15, -0.1) is 0 Å². The van der Waals surface area contributed by atoms with Crippen LogP contribution in [0.15, 0.2) is 29.1 Å². The molecule has 0 aliphatic rings. The summed E-state index contributed by atoms with van der Waals surface area (Å²) in [5.74, 6) is -1.32. The molecule has 0 aliphatic carbocycles. The molecule has 0 amide bonds. The van der Waals surface area contributed by atoms with E-state index < -0.39 is 11.7 Å². The van der Waals surface area contributed by atoms with E-state index in [-0.39, 0.29) is 11.4 Å². The lowest BCUT2D eigenvalue weighted by atomic mass is 10.2. The summed E-state index contributed by atoms with van der Waals surface area (Å²) in [5.41, 5.74) is 5.60. The summed E-state index contributed by atoms with van der Waals surface area (Å²) in [5, 5.41) is 19.0. The number of aromatic nitrogens is 2. The molecule has 0 radical (unpaired) electrons. The Labute approximate surface area is 114 Å². The second kappa shape index (κ2) is 5.62. The van der Waals surface area contributed by atoms with Gasteiger partial charge >= 0.3 is 11.7 Å². The molecule has 1 aromatic carbocycles. The SMILES string of the molecule is NCCCc1[nH]c(=O)n(-c2cccc(C(=O)O)c2)c1O. The highest BCUT2D eigenvalue weighted by molar-refractivity contribution is 5.88. The number of carboxylic acids is 1. The number of aromatic hydroxyl groups is 1. The van der Waals surface area contributed by atoms with Crippen LogP contribution in [0.5, 0.6) is 5.88 Å². The van der Waals surface area contributed by atoms with Crippen LogP contribution >= 0.6 is 0 Å². The number of nitrogens with two attached hydrogens (primary N) is 1. The number of imidazole rings is 1. The van der Waals surface area contributed by atoms with E-state index in [0.717, 1.165) is 4.57 Å². The Morgan fingerprint density at radius 1 is 1.40 bits per heavy atom. The maximum Gasteiger partial charge on any atom is 0.335 e. The minimum absolute atomic E-state index is 0.0403. The van der Waals surface area contributed by atoms with E-state index in [1.165, 1.54) is 18.2 Å². The van der Waals surface area contributed by atoms with Gasteiger partial charge < -0.3 is 20.9 Å². The zero-order valence-corrected chi connectivity index (χ0v) is 10.7. The van der Waals surface area contributed by atoms with Crippen LogP contribution < -0.4 is 11.4 Å². The molecule has 0 atom stereocenters. The van der Waals surface area contributed by atoms with Crippen LogP contribution in [-0.2, 0) is 6.42 Å². The highest BCUT2D eigenvalue weighted by Crippen LogP contribution is 2.20. The summed E-state index contributed by atoms with van der Waals surface area (Å²) in [6.07, 6.45) is 1.08. The van der Waals surface area contributed by atoms with Crippen molar-refractivity contribution in [1.82, 2.24) is 9.55 Å². The van der Waals surface area contributed by atoms with Crippen LogP contribution in [0.25, 0.3) is 5.69 Å². The topological polar surface area (TPSA) is 121 Å². The van der Waals surface area contributed by atoms with Gasteiger partial charge in [0.05, 0.1) is 16.9 Å². The normalized spacial score (nSPS) is 10.7. The molecule has 0 saturated heterocycles. The first-order valence-corrected chi connectivity index (χ1v) is 6.11. The number of nitrogens with zero attached hydrogens (tertiary/aromatic N) is 1. The van der Waals surface area contributed by atoms with Crippen molar-refractivity contribution >= 4 is 5.97 Å². The average Bonchev–Trinajstić information content (AvgIpc) is 2.71. The van der Waals surface area contributed by atoms with Crippen molar-refractivity contribution in [2.75, 3.05) is 6.54 Å². The lowest BCUT2D eigenvalue weighted by Gasteiger charge is -2.05. The smallest absolute Gasteiger partial charge is 0.335 e. The zero-order chi connectivity index (χ0) is 14.7. The quantitative estimate of drug-likeness (QED) is 0.632. The van der Waals surface area contributed by atoms with Crippen LogP contribution in [0.1, 0.15) is 22.5 Å². The fourth-order valence-corrected chi connectivity index (χ4v) is 1.94. The third-order valence-corrected chi connectivity index (χ3v) is 2.92. The molecule has 0 unspecified atom stereocenters. The number of carboxylic acid groups (broad SMARTS) is 1. The number of carbonyl (C=O) groups is 1. The van der Waals surface area contributed by atoms with Gasteiger partial charge in [-0.25, -0.2) is 14.2 Å². The molecule has 0 aliphatic heterocycles. The van der Waals surface area contributed by atoms with Crippen molar-refractivity contribution in [3.8, 4) is 11.6 Å². The van der Waals surface area contributed by atoms with E-state index in [2.05, 4.69) is 4.98 Å². The molecule has 0 fully saturated rings. The van der Waals surface area contributed by atoms with Gasteiger partial charge in [-0.05, 0) is 37.6 Å². The van der Waals surface area contributed by atoms with Gasteiger partial charge in [0.15, 0.2) is 0 Å². The van der Waals surface area contributed by atoms with Gasteiger partial charge in [-0.3, -0.25) is 0 Å². The Hall–Kier alpha value is -2.54. The summed E-state index contributed by atoms with van der Waals surface area (Å²) < 4.78 is 1.04. The van der Waals surface area contributed by atoms with Gasteiger partial charge in [0.2, 0.25) is 5.88 Å². The Morgan fingerprint density at radius 2 is 2.15 bits per heavy atom. The van der Waals surface area contributed by atoms with Crippen molar-refractivity contribution in [1.29, 1.82) is 0 Å². The highest BCUT2D eigenvalue weighted by Gasteiger charge is 2.15. The fourth-order valence-electron chi connectivity index (χ4n) is 1.94. The molecule has 7 heteroatoms. The van der Waals surface area contributed by atoms with Crippen LogP contribution in [0.3, 0.4) is 0 Å². The summed E-state index contributed by atoms with van der Waals surface area (Å²) in [7, 11) is 0. The van der Waals surface area contributed by atoms with Crippen molar-refractivity contribution in [3.63, 3.8) is 0 Å². The van der Waals surface area contributed by atoms with E-state index in [1.54, 1.807) is 6.07 Å². The highest BCUT2D eigenvalue weighted by atomic mass is 16.4. The molecule has 7 nitrogen and oxygen atoms in total. The summed E-state index contributed by atoms with van der Waals surface area (Å²) in [6.45, 7) is 0.446. The van der Waals surface area contributed by atoms with Crippen molar-refractivity contribution in [2.45, 2.75) is 12.8 Å². The molecular formula is C13H15N3O4. The number of nitrogens with one attached hydrogen (secondary N) is 1. The lowest BCUT2D eigenvalue weighted by molar-refractivity contribution is 0.0697. The Bertz CT molecular complexity index is 687. The van der Waals surface area contributed by atoms with Crippen molar-refractivity contribution in [2.24, 2.45) is 5.73 Å². The predicted octanol–water partition coefficient (Wildman–Crippen LogP) is 0.461. The van der Waals surface area contributed by atoms with E-state index >= 15 is 0 Å². The number of rotatable bonds is 5. The van der Waals surface area contributed by atoms with Crippen molar-refractivity contribution < 1.29 is 15.0 Å². The third kappa shape index (κ3) is 2.57. The van der Waals surface area contributed by atoms with E-state index in [4.69, 9.17) is 10.8 Å². The van der Waals surface area contributed by atoms with E-state index in [1.807, 2.05) is 0 Å². The largest absolute Gasteiger partial charge is 0.493 e. The number of aromatic carboxylic acids is 1. The minimum atomic E-state index is -1.10. The van der Waals surface area contributed by atoms with Crippen LogP contribution in [0.2, 0.25) is 0 Å². The molecule has 0 bridgehead atoms. The fraction of sp³-hybridized carbons (Fsp3) is 0.231. The average molecular weight is 277 g/mol. The molecular weight excluding hydrogens is 262 g/mol. The molecule has 0 spiro atoms. The summed E-state index contributed by atoms with van der Waals surface area (Å²) in [6, 6.07) is 5.80. The van der Waals surface area contributed by atoms with Crippen LogP contribution in [0, 0.1) is 0 Å². The molecule has 2 aromatic rings. The van der Waals surface area contributed by atoms with Gasteiger partial charge in [-0.2, -0.15) is 0 Å². The molecule has 0 saturated carbocycles. The maximum absolute atomic E-state index is 11.9. The molecule has 106 valence electrons. The van der Waals surface area contributed by atoms with E-state index in [0.29, 0.717) is 30.8 Å². The molecule has 20 heavy (non-hydrogen) atoms. The Kier molecular flexibility index (Phi) is 3.90. The Balaban J connectivity index is 2.47. The number of hydrogen-bond acceptors (Lipinski definition) is 4. The maximum atomic E-state index is 11.9. The summed E-state index contributed by atoms with van der Waals surface area (Å²) in [4.78, 5) is 25.4. The number of hydrogen-bond donors (Lipinski definition) is 4. The van der Waals surface area contributed by atoms with Gasteiger partial charge in [-0.1, -0.05) is 6.07 Å². The number of benzene rings is 1. The lowest BCUT2D eigenvalue weighted by Crippen LogP contribution is -2.15. The first-order valence-electron chi connectivity index (χ1n) is 6.11. The van der Waals surface area contributed by atoms with Gasteiger partial charge in [0.1, 0.15) is 0 Å². The second-order valence-corrected chi connectivity index (χ2v) is 4.32.